The van der Waals surface area contributed by atoms with Crippen molar-refractivity contribution < 1.29 is 0 Å². The van der Waals surface area contributed by atoms with E-state index in [9.17, 15) is 0 Å². The zero-order valence-corrected chi connectivity index (χ0v) is 11.9. The van der Waals surface area contributed by atoms with Gasteiger partial charge in [0, 0.05) is 37.4 Å². The van der Waals surface area contributed by atoms with Gasteiger partial charge in [0.2, 0.25) is 0 Å². The third-order valence-corrected chi connectivity index (χ3v) is 4.84. The summed E-state index contributed by atoms with van der Waals surface area (Å²) in [6, 6.07) is 9.68. The predicted octanol–water partition coefficient (Wildman–Crippen LogP) is 2.50. The Balaban J connectivity index is 1.67. The number of nitrogens with two attached hydrogens (primary N) is 1. The SMILES string of the molecule is CC(c1ccc(N)cc1)N1CCN2CCCCC2C1. The molecule has 3 heteroatoms. The number of anilines is 1. The molecule has 104 valence electrons. The van der Waals surface area contributed by atoms with Crippen LogP contribution in [0.4, 0.5) is 5.69 Å². The molecule has 2 atom stereocenters. The number of hydrogen-bond acceptors (Lipinski definition) is 3. The van der Waals surface area contributed by atoms with Crippen LogP contribution in [0.25, 0.3) is 0 Å². The summed E-state index contributed by atoms with van der Waals surface area (Å²) in [6.07, 6.45) is 4.18. The van der Waals surface area contributed by atoms with Crippen LogP contribution in [0.5, 0.6) is 0 Å². The van der Waals surface area contributed by atoms with Crippen LogP contribution in [0.2, 0.25) is 0 Å². The van der Waals surface area contributed by atoms with Gasteiger partial charge in [-0.1, -0.05) is 18.6 Å². The van der Waals surface area contributed by atoms with Crippen molar-refractivity contribution in [3.05, 3.63) is 29.8 Å². The molecule has 0 amide bonds. The topological polar surface area (TPSA) is 32.5 Å². The minimum absolute atomic E-state index is 0.504. The van der Waals surface area contributed by atoms with Crippen LogP contribution < -0.4 is 5.73 Å². The van der Waals surface area contributed by atoms with Gasteiger partial charge in [-0.25, -0.2) is 0 Å². The Hall–Kier alpha value is -1.06. The molecule has 1 aromatic carbocycles. The van der Waals surface area contributed by atoms with Gasteiger partial charge < -0.3 is 5.73 Å². The lowest BCUT2D eigenvalue weighted by molar-refractivity contribution is 0.0307. The Bertz CT molecular complexity index is 415. The Morgan fingerprint density at radius 2 is 1.89 bits per heavy atom. The van der Waals surface area contributed by atoms with E-state index < -0.39 is 0 Å². The minimum Gasteiger partial charge on any atom is -0.399 e. The van der Waals surface area contributed by atoms with Gasteiger partial charge in [-0.15, -0.1) is 0 Å². The molecule has 0 aliphatic carbocycles. The first-order valence-corrected chi connectivity index (χ1v) is 7.57. The van der Waals surface area contributed by atoms with Crippen molar-refractivity contribution in [2.24, 2.45) is 0 Å². The quantitative estimate of drug-likeness (QED) is 0.828. The normalized spacial score (nSPS) is 26.9. The highest BCUT2D eigenvalue weighted by molar-refractivity contribution is 5.40. The lowest BCUT2D eigenvalue weighted by Gasteiger charge is -2.46. The third-order valence-electron chi connectivity index (χ3n) is 4.84. The molecular weight excluding hydrogens is 234 g/mol. The number of rotatable bonds is 2. The highest BCUT2D eigenvalue weighted by Gasteiger charge is 2.30. The Morgan fingerprint density at radius 3 is 2.68 bits per heavy atom. The molecule has 2 aliphatic heterocycles. The molecule has 0 radical (unpaired) electrons. The fourth-order valence-electron chi connectivity index (χ4n) is 3.52. The fourth-order valence-corrected chi connectivity index (χ4v) is 3.52. The molecule has 0 aromatic heterocycles. The molecule has 2 saturated heterocycles. The minimum atomic E-state index is 0.504. The van der Waals surface area contributed by atoms with Gasteiger partial charge in [0.1, 0.15) is 0 Å². The van der Waals surface area contributed by atoms with Crippen LogP contribution in [-0.4, -0.2) is 42.0 Å². The molecule has 2 unspecified atom stereocenters. The molecule has 0 bridgehead atoms. The van der Waals surface area contributed by atoms with Crippen molar-refractivity contribution in [2.45, 2.75) is 38.3 Å². The Morgan fingerprint density at radius 1 is 1.11 bits per heavy atom. The van der Waals surface area contributed by atoms with Gasteiger partial charge >= 0.3 is 0 Å². The number of piperidine rings is 1. The predicted molar refractivity (Wildman–Crippen MR) is 80.1 cm³/mol. The van der Waals surface area contributed by atoms with Gasteiger partial charge in [-0.3, -0.25) is 9.80 Å². The van der Waals surface area contributed by atoms with Gasteiger partial charge in [0.15, 0.2) is 0 Å². The second-order valence-corrected chi connectivity index (χ2v) is 6.02. The molecule has 19 heavy (non-hydrogen) atoms. The van der Waals surface area contributed by atoms with E-state index in [2.05, 4.69) is 28.9 Å². The first-order valence-electron chi connectivity index (χ1n) is 7.57. The lowest BCUT2D eigenvalue weighted by atomic mass is 9.97. The summed E-state index contributed by atoms with van der Waals surface area (Å²) in [5.41, 5.74) is 8.01. The van der Waals surface area contributed by atoms with Gasteiger partial charge in [0.05, 0.1) is 0 Å². The molecule has 2 fully saturated rings. The zero-order chi connectivity index (χ0) is 13.2. The summed E-state index contributed by atoms with van der Waals surface area (Å²) in [5.74, 6) is 0. The second-order valence-electron chi connectivity index (χ2n) is 6.02. The largest absolute Gasteiger partial charge is 0.399 e. The van der Waals surface area contributed by atoms with Crippen molar-refractivity contribution in [3.63, 3.8) is 0 Å². The van der Waals surface area contributed by atoms with Gasteiger partial charge in [0.25, 0.3) is 0 Å². The van der Waals surface area contributed by atoms with Crippen molar-refractivity contribution >= 4 is 5.69 Å². The number of nitrogen functional groups attached to an aromatic ring is 1. The molecule has 0 spiro atoms. The first-order chi connectivity index (χ1) is 9.24. The summed E-state index contributed by atoms with van der Waals surface area (Å²) in [6.45, 7) is 7.30. The molecule has 3 rings (SSSR count). The maximum atomic E-state index is 5.77. The smallest absolute Gasteiger partial charge is 0.0321 e. The summed E-state index contributed by atoms with van der Waals surface area (Å²) >= 11 is 0. The van der Waals surface area contributed by atoms with E-state index in [1.807, 2.05) is 12.1 Å². The molecule has 0 saturated carbocycles. The Labute approximate surface area is 116 Å². The molecular formula is C16H25N3. The molecule has 2 heterocycles. The number of piperazine rings is 1. The highest BCUT2D eigenvalue weighted by atomic mass is 15.3. The molecule has 3 nitrogen and oxygen atoms in total. The van der Waals surface area contributed by atoms with E-state index in [1.54, 1.807) is 0 Å². The summed E-state index contributed by atoms with van der Waals surface area (Å²) in [7, 11) is 0. The summed E-state index contributed by atoms with van der Waals surface area (Å²) in [4.78, 5) is 5.33. The monoisotopic (exact) mass is 259 g/mol. The molecule has 1 aromatic rings. The van der Waals surface area contributed by atoms with E-state index >= 15 is 0 Å². The lowest BCUT2D eigenvalue weighted by Crippen LogP contribution is -2.55. The zero-order valence-electron chi connectivity index (χ0n) is 11.9. The standard InChI is InChI=1S/C16H25N3/c1-13(14-5-7-15(17)8-6-14)19-11-10-18-9-3-2-4-16(18)12-19/h5-8,13,16H,2-4,9-12,17H2,1H3. The highest BCUT2D eigenvalue weighted by Crippen LogP contribution is 2.27. The van der Waals surface area contributed by atoms with Crippen LogP contribution >= 0.6 is 0 Å². The van der Waals surface area contributed by atoms with Crippen LogP contribution in [0.15, 0.2) is 24.3 Å². The average Bonchev–Trinajstić information content (AvgIpc) is 2.47. The number of benzene rings is 1. The van der Waals surface area contributed by atoms with Crippen molar-refractivity contribution in [1.82, 2.24) is 9.80 Å². The van der Waals surface area contributed by atoms with Crippen LogP contribution in [0, 0.1) is 0 Å². The third kappa shape index (κ3) is 2.77. The molecule has 2 aliphatic rings. The van der Waals surface area contributed by atoms with Crippen LogP contribution in [-0.2, 0) is 0 Å². The van der Waals surface area contributed by atoms with Gasteiger partial charge in [-0.2, -0.15) is 0 Å². The fraction of sp³-hybridized carbons (Fsp3) is 0.625. The van der Waals surface area contributed by atoms with Crippen molar-refractivity contribution in [3.8, 4) is 0 Å². The van der Waals surface area contributed by atoms with E-state index in [1.165, 1.54) is 51.0 Å². The molecule has 2 N–H and O–H groups in total. The van der Waals surface area contributed by atoms with Gasteiger partial charge in [-0.05, 0) is 44.0 Å². The summed E-state index contributed by atoms with van der Waals surface area (Å²) < 4.78 is 0. The van der Waals surface area contributed by atoms with Crippen LogP contribution in [0.3, 0.4) is 0 Å². The Kier molecular flexibility index (Phi) is 3.76. The maximum Gasteiger partial charge on any atom is 0.0321 e. The average molecular weight is 259 g/mol. The summed E-state index contributed by atoms with van der Waals surface area (Å²) in [5, 5.41) is 0. The maximum absolute atomic E-state index is 5.77. The van der Waals surface area contributed by atoms with E-state index in [-0.39, 0.29) is 0 Å². The second kappa shape index (κ2) is 5.51. The van der Waals surface area contributed by atoms with E-state index in [0.717, 1.165) is 11.7 Å². The van der Waals surface area contributed by atoms with Crippen LogP contribution in [0.1, 0.15) is 37.8 Å². The number of nitrogens with zero attached hydrogens (tertiary/aromatic N) is 2. The van der Waals surface area contributed by atoms with Crippen molar-refractivity contribution in [2.75, 3.05) is 31.9 Å². The number of fused-ring (bicyclic) bond motifs is 1. The van der Waals surface area contributed by atoms with E-state index in [4.69, 9.17) is 5.73 Å². The van der Waals surface area contributed by atoms with E-state index in [0.29, 0.717) is 6.04 Å². The van der Waals surface area contributed by atoms with Crippen molar-refractivity contribution in [1.29, 1.82) is 0 Å². The number of hydrogen-bond donors (Lipinski definition) is 1. The first kappa shape index (κ1) is 12.9.